The van der Waals surface area contributed by atoms with Crippen LogP contribution in [-0.2, 0) is 31.6 Å². The summed E-state index contributed by atoms with van der Waals surface area (Å²) in [4.78, 5) is 37.5. The Morgan fingerprint density at radius 3 is 2.21 bits per heavy atom. The van der Waals surface area contributed by atoms with Gasteiger partial charge in [-0.2, -0.15) is 21.8 Å². The summed E-state index contributed by atoms with van der Waals surface area (Å²) in [6.45, 7) is -1.38. The maximum absolute atomic E-state index is 13.8. The number of halogens is 4. The van der Waals surface area contributed by atoms with Crippen LogP contribution in [0, 0.1) is 21.1 Å². The monoisotopic (exact) mass is 586 g/mol. The number of H-pyrrole nitrogens is 1. The van der Waals surface area contributed by atoms with Gasteiger partial charge in [0.05, 0.1) is 12.7 Å². The Labute approximate surface area is 190 Å². The number of aliphatic hydroxyl groups excluding tert-OH is 1. The molecule has 190 valence electrons. The van der Waals surface area contributed by atoms with Crippen molar-refractivity contribution < 1.29 is 73.8 Å². The Morgan fingerprint density at radius 1 is 1.12 bits per heavy atom. The summed E-state index contributed by atoms with van der Waals surface area (Å²) >= 11 is 9.35. The first-order chi connectivity index (χ1) is 14.7. The SMILES string of the molecule is O=P(O)(O)OP(=O)(O)OP(=O)(O)OC[C@H]1O[C@@H](n2cc(F)c(=S)[nH]c2=S)[C@@H](C(F)(F)F)C1O. The first-order valence-corrected chi connectivity index (χ1v) is 13.3. The summed E-state index contributed by atoms with van der Waals surface area (Å²) in [5.74, 6) is -3.95. The molecule has 0 aliphatic carbocycles. The zero-order valence-corrected chi connectivity index (χ0v) is 19.6. The van der Waals surface area contributed by atoms with Crippen LogP contribution in [-0.4, -0.2) is 59.2 Å². The third-order valence-corrected chi connectivity index (χ3v) is 8.18. The number of phosphoric acid groups is 3. The number of ether oxygens (including phenoxy) is 1. The summed E-state index contributed by atoms with van der Waals surface area (Å²) in [5, 5.41) is 10.1. The molecule has 1 aliphatic rings. The molecule has 3 unspecified atom stereocenters. The van der Waals surface area contributed by atoms with Crippen molar-refractivity contribution in [2.45, 2.75) is 24.6 Å². The average molecular weight is 586 g/mol. The molecular weight excluding hydrogens is 573 g/mol. The molecule has 14 nitrogen and oxygen atoms in total. The Hall–Kier alpha value is -0.430. The molecule has 0 saturated carbocycles. The minimum atomic E-state index is -5.89. The normalized spacial score (nSPS) is 27.8. The van der Waals surface area contributed by atoms with Crippen LogP contribution in [0.2, 0.25) is 0 Å². The van der Waals surface area contributed by atoms with E-state index in [-0.39, 0.29) is 0 Å². The number of alkyl halides is 3. The molecule has 6 atom stereocenters. The highest BCUT2D eigenvalue weighted by atomic mass is 32.1. The second-order valence-corrected chi connectivity index (χ2v) is 11.4. The molecule has 1 aromatic heterocycles. The van der Waals surface area contributed by atoms with Crippen molar-refractivity contribution in [3.63, 3.8) is 0 Å². The van der Waals surface area contributed by atoms with E-state index in [4.69, 9.17) is 31.6 Å². The van der Waals surface area contributed by atoms with Crippen molar-refractivity contribution >= 4 is 47.9 Å². The second kappa shape index (κ2) is 9.91. The van der Waals surface area contributed by atoms with E-state index in [9.17, 15) is 41.3 Å². The molecule has 33 heavy (non-hydrogen) atoms. The third kappa shape index (κ3) is 7.78. The van der Waals surface area contributed by atoms with Crippen LogP contribution in [0.1, 0.15) is 6.23 Å². The lowest BCUT2D eigenvalue weighted by atomic mass is 9.99. The van der Waals surface area contributed by atoms with Gasteiger partial charge >= 0.3 is 29.6 Å². The minimum Gasteiger partial charge on any atom is -0.389 e. The van der Waals surface area contributed by atoms with Gasteiger partial charge in [-0.05, 0) is 12.2 Å². The highest BCUT2D eigenvalue weighted by Gasteiger charge is 2.58. The molecule has 0 amide bonds. The fourth-order valence-electron chi connectivity index (χ4n) is 2.60. The Bertz CT molecular complexity index is 1150. The van der Waals surface area contributed by atoms with Crippen molar-refractivity contribution in [2.75, 3.05) is 6.61 Å². The van der Waals surface area contributed by atoms with Crippen molar-refractivity contribution in [1.29, 1.82) is 0 Å². The van der Waals surface area contributed by atoms with Gasteiger partial charge < -0.3 is 34.4 Å². The number of hydrogen-bond donors (Lipinski definition) is 6. The van der Waals surface area contributed by atoms with Crippen molar-refractivity contribution in [1.82, 2.24) is 9.55 Å². The number of aromatic nitrogens is 2. The molecule has 6 N–H and O–H groups in total. The maximum Gasteiger partial charge on any atom is 0.490 e. The summed E-state index contributed by atoms with van der Waals surface area (Å²) in [6, 6.07) is 0. The van der Waals surface area contributed by atoms with Crippen LogP contribution in [0.15, 0.2) is 6.20 Å². The van der Waals surface area contributed by atoms with Gasteiger partial charge in [0.2, 0.25) is 0 Å². The summed E-state index contributed by atoms with van der Waals surface area (Å²) in [6.07, 6.45) is -11.4. The van der Waals surface area contributed by atoms with Gasteiger partial charge in [-0.15, -0.1) is 0 Å². The lowest BCUT2D eigenvalue weighted by Gasteiger charge is -2.24. The molecule has 0 bridgehead atoms. The molecule has 0 spiro atoms. The molecule has 2 heterocycles. The summed E-state index contributed by atoms with van der Waals surface area (Å²) in [5.41, 5.74) is 0. The fraction of sp³-hybridized carbons (Fsp3) is 0.600. The van der Waals surface area contributed by atoms with Gasteiger partial charge in [0.15, 0.2) is 16.8 Å². The number of aromatic amines is 1. The molecule has 1 aromatic rings. The molecule has 0 radical (unpaired) electrons. The molecule has 1 saturated heterocycles. The molecule has 1 fully saturated rings. The lowest BCUT2D eigenvalue weighted by Crippen LogP contribution is -2.39. The van der Waals surface area contributed by atoms with E-state index >= 15 is 0 Å². The Balaban J connectivity index is 2.25. The number of aliphatic hydroxyl groups is 1. The Morgan fingerprint density at radius 2 is 1.70 bits per heavy atom. The van der Waals surface area contributed by atoms with Gasteiger partial charge in [0, 0.05) is 6.20 Å². The van der Waals surface area contributed by atoms with E-state index in [0.29, 0.717) is 10.8 Å². The molecular formula is C10H13F4N2O12P3S2. The molecule has 2 rings (SSSR count). The van der Waals surface area contributed by atoms with E-state index in [1.165, 1.54) is 0 Å². The third-order valence-electron chi connectivity index (χ3n) is 3.76. The molecule has 23 heteroatoms. The van der Waals surface area contributed by atoms with E-state index in [0.717, 1.165) is 0 Å². The van der Waals surface area contributed by atoms with Crippen LogP contribution in [0.3, 0.4) is 0 Å². The maximum atomic E-state index is 13.8. The molecule has 0 aromatic carbocycles. The standard InChI is InChI=1S/C10H13F4N2O12P3S2/c11-3-1-16(9(33)15-7(3)32)8-5(10(12,13)14)6(17)4(26-8)2-25-30(21,22)28-31(23,24)27-29(18,19)20/h1,4-6,8,17H,2H2,(H,21,22)(H,23,24)(H,15,32,33)(H2,18,19,20)/t4-,5+,6?,8-/m1/s1. The van der Waals surface area contributed by atoms with Gasteiger partial charge in [-0.3, -0.25) is 9.09 Å². The number of hydrogen-bond acceptors (Lipinski definition) is 10. The van der Waals surface area contributed by atoms with Crippen LogP contribution in [0.4, 0.5) is 17.6 Å². The van der Waals surface area contributed by atoms with E-state index in [2.05, 4.69) is 30.3 Å². The zero-order valence-electron chi connectivity index (χ0n) is 15.3. The quantitative estimate of drug-likeness (QED) is 0.147. The van der Waals surface area contributed by atoms with Gasteiger partial charge in [0.1, 0.15) is 16.7 Å². The minimum absolute atomic E-state index is 0.451. The van der Waals surface area contributed by atoms with Crippen LogP contribution in [0.5, 0.6) is 0 Å². The highest BCUT2D eigenvalue weighted by molar-refractivity contribution is 7.72. The average Bonchev–Trinajstić information content (AvgIpc) is 2.89. The van der Waals surface area contributed by atoms with Crippen LogP contribution >= 0.6 is 47.9 Å². The number of nitrogens with one attached hydrogen (secondary N) is 1. The van der Waals surface area contributed by atoms with Crippen LogP contribution < -0.4 is 0 Å². The van der Waals surface area contributed by atoms with Gasteiger partial charge in [0.25, 0.3) is 0 Å². The number of nitrogens with zero attached hydrogens (tertiary/aromatic N) is 1. The summed E-state index contributed by atoms with van der Waals surface area (Å²) in [7, 11) is -17.3. The van der Waals surface area contributed by atoms with Crippen molar-refractivity contribution in [3.8, 4) is 0 Å². The lowest BCUT2D eigenvalue weighted by molar-refractivity contribution is -0.211. The molecule has 1 aliphatic heterocycles. The van der Waals surface area contributed by atoms with E-state index in [1.54, 1.807) is 0 Å². The van der Waals surface area contributed by atoms with Gasteiger partial charge in [-0.1, -0.05) is 12.2 Å². The zero-order chi connectivity index (χ0) is 25.6. The highest BCUT2D eigenvalue weighted by Crippen LogP contribution is 2.66. The van der Waals surface area contributed by atoms with Gasteiger partial charge in [-0.25, -0.2) is 18.1 Å². The fourth-order valence-corrected chi connectivity index (χ4v) is 6.10. The summed E-state index contributed by atoms with van der Waals surface area (Å²) < 4.78 is 103. The smallest absolute Gasteiger partial charge is 0.389 e. The van der Waals surface area contributed by atoms with Crippen molar-refractivity contribution in [3.05, 3.63) is 21.4 Å². The Kier molecular flexibility index (Phi) is 8.65. The predicted octanol–water partition coefficient (Wildman–Crippen LogP) is 2.19. The van der Waals surface area contributed by atoms with Crippen LogP contribution in [0.25, 0.3) is 0 Å². The predicted molar refractivity (Wildman–Crippen MR) is 99.7 cm³/mol. The number of phosphoric ester groups is 1. The number of rotatable bonds is 8. The second-order valence-electron chi connectivity index (χ2n) is 6.15. The van der Waals surface area contributed by atoms with Crippen molar-refractivity contribution in [2.24, 2.45) is 5.92 Å². The first-order valence-electron chi connectivity index (χ1n) is 7.92. The van der Waals surface area contributed by atoms with E-state index < -0.39 is 75.8 Å². The first kappa shape index (κ1) is 28.8. The van der Waals surface area contributed by atoms with E-state index in [1.807, 2.05) is 0 Å². The topological polar surface area (TPSA) is 210 Å². The largest absolute Gasteiger partial charge is 0.490 e.